The number of nitrogens with zero attached hydrogens (tertiary/aromatic N) is 3. The van der Waals surface area contributed by atoms with Crippen molar-refractivity contribution in [1.82, 2.24) is 9.66 Å². The fourth-order valence-corrected chi connectivity index (χ4v) is 3.56. The van der Waals surface area contributed by atoms with Gasteiger partial charge in [0.25, 0.3) is 5.56 Å². The van der Waals surface area contributed by atoms with Crippen LogP contribution in [0, 0.1) is 0 Å². The second-order valence-electron chi connectivity index (χ2n) is 6.52. The van der Waals surface area contributed by atoms with Crippen LogP contribution in [0.25, 0.3) is 10.9 Å². The topological polar surface area (TPSA) is 92.0 Å². The summed E-state index contributed by atoms with van der Waals surface area (Å²) in [6, 6.07) is 8.45. The fraction of sp³-hybridized carbons (Fsp3) is 0.273. The molecule has 32 heavy (non-hydrogen) atoms. The summed E-state index contributed by atoms with van der Waals surface area (Å²) in [4.78, 5) is 29.4. The van der Waals surface area contributed by atoms with Crippen LogP contribution < -0.4 is 15.0 Å². The lowest BCUT2D eigenvalue weighted by Gasteiger charge is -2.14. The van der Waals surface area contributed by atoms with Gasteiger partial charge < -0.3 is 14.2 Å². The Kier molecular flexibility index (Phi) is 7.87. The second-order valence-corrected chi connectivity index (χ2v) is 7.88. The maximum atomic E-state index is 13.1. The van der Waals surface area contributed by atoms with E-state index in [1.165, 1.54) is 18.0 Å². The number of ether oxygens (including phenoxy) is 3. The van der Waals surface area contributed by atoms with Crippen molar-refractivity contribution in [2.45, 2.75) is 20.3 Å². The summed E-state index contributed by atoms with van der Waals surface area (Å²) in [7, 11) is 1.45. The molecule has 0 aliphatic heterocycles. The first-order chi connectivity index (χ1) is 15.4. The molecule has 0 N–H and O–H groups in total. The summed E-state index contributed by atoms with van der Waals surface area (Å²) >= 11 is 9.58. The van der Waals surface area contributed by atoms with E-state index in [4.69, 9.17) is 25.8 Å². The molecule has 0 radical (unpaired) electrons. The number of aromatic nitrogens is 2. The number of hydrogen-bond acceptors (Lipinski definition) is 7. The van der Waals surface area contributed by atoms with Crippen LogP contribution in [-0.4, -0.2) is 42.2 Å². The average molecular weight is 523 g/mol. The van der Waals surface area contributed by atoms with Crippen molar-refractivity contribution >= 4 is 50.6 Å². The van der Waals surface area contributed by atoms with Crippen molar-refractivity contribution in [2.75, 3.05) is 20.3 Å². The largest absolute Gasteiger partial charge is 0.493 e. The minimum atomic E-state index is -0.527. The molecule has 0 aliphatic rings. The molecule has 0 fully saturated rings. The van der Waals surface area contributed by atoms with Gasteiger partial charge in [-0.25, -0.2) is 9.78 Å². The van der Waals surface area contributed by atoms with E-state index in [0.29, 0.717) is 39.5 Å². The zero-order chi connectivity index (χ0) is 23.3. The molecule has 1 aromatic heterocycles. The summed E-state index contributed by atoms with van der Waals surface area (Å²) in [6.07, 6.45) is 1.91. The molecule has 8 nitrogen and oxygen atoms in total. The summed E-state index contributed by atoms with van der Waals surface area (Å²) < 4.78 is 17.9. The van der Waals surface area contributed by atoms with Crippen LogP contribution in [0.2, 0.25) is 5.02 Å². The van der Waals surface area contributed by atoms with E-state index in [0.717, 1.165) is 4.47 Å². The Morgan fingerprint density at radius 1 is 1.28 bits per heavy atom. The fourth-order valence-electron chi connectivity index (χ4n) is 2.99. The molecule has 0 spiro atoms. The van der Waals surface area contributed by atoms with Crippen molar-refractivity contribution in [3.05, 3.63) is 61.6 Å². The first kappa shape index (κ1) is 23.7. The van der Waals surface area contributed by atoms with Crippen LogP contribution in [0.1, 0.15) is 25.2 Å². The third-order valence-corrected chi connectivity index (χ3v) is 5.12. The van der Waals surface area contributed by atoms with Crippen molar-refractivity contribution in [3.63, 3.8) is 0 Å². The summed E-state index contributed by atoms with van der Waals surface area (Å²) in [5.41, 5.74) is 0.693. The highest BCUT2D eigenvalue weighted by molar-refractivity contribution is 9.10. The number of fused-ring (bicyclic) bond motifs is 1. The van der Waals surface area contributed by atoms with Crippen LogP contribution in [-0.2, 0) is 16.0 Å². The molecule has 0 bridgehead atoms. The molecule has 0 unspecified atom stereocenters. The van der Waals surface area contributed by atoms with Crippen LogP contribution in [0.15, 0.2) is 44.7 Å². The highest BCUT2D eigenvalue weighted by Crippen LogP contribution is 2.34. The highest BCUT2D eigenvalue weighted by Gasteiger charge is 2.15. The maximum absolute atomic E-state index is 13.1. The molecule has 0 saturated heterocycles. The molecule has 10 heteroatoms. The Bertz CT molecular complexity index is 1240. The number of carbonyl (C=O) groups is 1. The quantitative estimate of drug-likeness (QED) is 0.325. The van der Waals surface area contributed by atoms with Gasteiger partial charge in [0, 0.05) is 27.5 Å². The van der Waals surface area contributed by atoms with Crippen LogP contribution in [0.4, 0.5) is 0 Å². The normalized spacial score (nSPS) is 11.2. The van der Waals surface area contributed by atoms with E-state index >= 15 is 0 Å². The van der Waals surface area contributed by atoms with Gasteiger partial charge in [-0.1, -0.05) is 34.5 Å². The zero-order valence-corrected chi connectivity index (χ0v) is 20.1. The number of hydrogen-bond donors (Lipinski definition) is 0. The van der Waals surface area contributed by atoms with Gasteiger partial charge in [-0.3, -0.25) is 4.79 Å². The van der Waals surface area contributed by atoms with Crippen LogP contribution >= 0.6 is 27.5 Å². The van der Waals surface area contributed by atoms with E-state index in [9.17, 15) is 9.59 Å². The van der Waals surface area contributed by atoms with E-state index in [-0.39, 0.29) is 24.5 Å². The Morgan fingerprint density at radius 2 is 2.06 bits per heavy atom. The van der Waals surface area contributed by atoms with E-state index in [2.05, 4.69) is 26.0 Å². The van der Waals surface area contributed by atoms with Crippen molar-refractivity contribution < 1.29 is 19.0 Å². The van der Waals surface area contributed by atoms with Gasteiger partial charge in [-0.2, -0.15) is 9.78 Å². The van der Waals surface area contributed by atoms with Crippen molar-refractivity contribution in [2.24, 2.45) is 5.10 Å². The van der Waals surface area contributed by atoms with Gasteiger partial charge in [-0.05, 0) is 31.2 Å². The number of aryl methyl sites for hydroxylation is 1. The molecular formula is C22H21BrClN3O5. The van der Waals surface area contributed by atoms with E-state index in [1.807, 2.05) is 13.0 Å². The first-order valence-corrected chi connectivity index (χ1v) is 11.0. The molecule has 0 aliphatic carbocycles. The molecule has 0 amide bonds. The smallest absolute Gasteiger partial charge is 0.344 e. The van der Waals surface area contributed by atoms with Gasteiger partial charge in [0.1, 0.15) is 5.82 Å². The number of esters is 1. The lowest BCUT2D eigenvalue weighted by Crippen LogP contribution is -2.22. The predicted molar refractivity (Wildman–Crippen MR) is 126 cm³/mol. The predicted octanol–water partition coefficient (Wildman–Crippen LogP) is 4.21. The standard InChI is InChI=1S/C22H21BrClN3O5/c1-4-19-26-17-7-6-14(23)9-16(17)22(29)27(19)25-11-13-8-15(24)10-18(30-3)21(13)32-12-20(28)31-5-2/h6-11H,4-5,12H2,1-3H3. The molecule has 3 aromatic rings. The van der Waals surface area contributed by atoms with Gasteiger partial charge in [0.15, 0.2) is 18.1 Å². The summed E-state index contributed by atoms with van der Waals surface area (Å²) in [5.74, 6) is 0.522. The van der Waals surface area contributed by atoms with Crippen LogP contribution in [0.3, 0.4) is 0 Å². The number of rotatable bonds is 8. The Balaban J connectivity index is 2.08. The maximum Gasteiger partial charge on any atom is 0.344 e. The Morgan fingerprint density at radius 3 is 2.75 bits per heavy atom. The highest BCUT2D eigenvalue weighted by atomic mass is 79.9. The zero-order valence-electron chi connectivity index (χ0n) is 17.7. The lowest BCUT2D eigenvalue weighted by atomic mass is 10.2. The molecule has 0 saturated carbocycles. The lowest BCUT2D eigenvalue weighted by molar-refractivity contribution is -0.145. The third-order valence-electron chi connectivity index (χ3n) is 4.41. The molecule has 3 rings (SSSR count). The SMILES string of the molecule is CCOC(=O)COc1c(C=Nn2c(CC)nc3ccc(Br)cc3c2=O)cc(Cl)cc1OC. The second kappa shape index (κ2) is 10.6. The average Bonchev–Trinajstić information content (AvgIpc) is 2.77. The first-order valence-electron chi connectivity index (χ1n) is 9.79. The van der Waals surface area contributed by atoms with Gasteiger partial charge >= 0.3 is 5.97 Å². The molecule has 2 aromatic carbocycles. The minimum absolute atomic E-state index is 0.238. The van der Waals surface area contributed by atoms with Crippen LogP contribution in [0.5, 0.6) is 11.5 Å². The number of benzene rings is 2. The Labute approximate surface area is 197 Å². The molecule has 168 valence electrons. The molecular weight excluding hydrogens is 502 g/mol. The number of methoxy groups -OCH3 is 1. The summed E-state index contributed by atoms with van der Waals surface area (Å²) in [5, 5.41) is 5.16. The monoisotopic (exact) mass is 521 g/mol. The van der Waals surface area contributed by atoms with E-state index < -0.39 is 5.97 Å². The van der Waals surface area contributed by atoms with Crippen molar-refractivity contribution in [1.29, 1.82) is 0 Å². The van der Waals surface area contributed by atoms with E-state index in [1.54, 1.807) is 31.2 Å². The molecule has 1 heterocycles. The minimum Gasteiger partial charge on any atom is -0.493 e. The van der Waals surface area contributed by atoms with Gasteiger partial charge in [0.05, 0.1) is 30.8 Å². The van der Waals surface area contributed by atoms with Crippen molar-refractivity contribution in [3.8, 4) is 11.5 Å². The Hall–Kier alpha value is -2.91. The number of carbonyl (C=O) groups excluding carboxylic acids is 1. The third kappa shape index (κ3) is 5.28. The summed E-state index contributed by atoms with van der Waals surface area (Å²) in [6.45, 7) is 3.51. The molecule has 0 atom stereocenters. The number of halogens is 2. The van der Waals surface area contributed by atoms with Gasteiger partial charge in [-0.15, -0.1) is 0 Å². The van der Waals surface area contributed by atoms with Gasteiger partial charge in [0.2, 0.25) is 0 Å².